The highest BCUT2D eigenvalue weighted by Crippen LogP contribution is 2.28. The molecule has 4 nitrogen and oxygen atoms in total. The molecule has 2 aromatic rings. The first-order valence-corrected chi connectivity index (χ1v) is 8.11. The van der Waals surface area contributed by atoms with Gasteiger partial charge in [0.15, 0.2) is 0 Å². The molecule has 5 heteroatoms. The number of carbonyl (C=O) groups excluding carboxylic acids is 1. The second kappa shape index (κ2) is 6.53. The Bertz CT molecular complexity index is 658. The molecule has 0 amide bonds. The molecule has 0 bridgehead atoms. The van der Waals surface area contributed by atoms with Crippen molar-refractivity contribution in [2.75, 3.05) is 0 Å². The number of aromatic nitrogens is 2. The summed E-state index contributed by atoms with van der Waals surface area (Å²) in [7, 11) is 0. The van der Waals surface area contributed by atoms with Crippen LogP contribution < -0.4 is 4.74 Å². The number of hydrogen-bond donors (Lipinski definition) is 0. The van der Waals surface area contributed by atoms with Gasteiger partial charge in [-0.25, -0.2) is 4.68 Å². The molecule has 3 rings (SSSR count). The number of benzene rings is 1. The molecule has 1 aromatic heterocycles. The quantitative estimate of drug-likeness (QED) is 0.794. The molecule has 0 saturated heterocycles. The molecule has 0 spiro atoms. The van der Waals surface area contributed by atoms with Gasteiger partial charge in [-0.2, -0.15) is 5.10 Å². The first-order chi connectivity index (χ1) is 10.7. The third-order valence-corrected chi connectivity index (χ3v) is 4.31. The molecule has 116 valence electrons. The summed E-state index contributed by atoms with van der Waals surface area (Å²) in [4.78, 5) is 12.3. The first-order valence-electron chi connectivity index (χ1n) is 7.74. The lowest BCUT2D eigenvalue weighted by molar-refractivity contribution is -0.139. The van der Waals surface area contributed by atoms with Crippen molar-refractivity contribution >= 4 is 17.6 Å². The molecular formula is C17H19ClN2O2. The molecular weight excluding hydrogens is 300 g/mol. The van der Waals surface area contributed by atoms with Gasteiger partial charge in [0, 0.05) is 11.1 Å². The minimum absolute atomic E-state index is 0.0265. The van der Waals surface area contributed by atoms with Gasteiger partial charge in [0.2, 0.25) is 5.88 Å². The number of rotatable bonds is 4. The van der Waals surface area contributed by atoms with Crippen molar-refractivity contribution in [1.82, 2.24) is 9.78 Å². The normalized spacial score (nSPS) is 15.2. The van der Waals surface area contributed by atoms with Crippen LogP contribution in [0.15, 0.2) is 30.3 Å². The van der Waals surface area contributed by atoms with Gasteiger partial charge in [-0.3, -0.25) is 4.79 Å². The SMILES string of the molecule is CCc1cc(OC(=O)C2CCCC2)n(-c2ccc(Cl)cc2)n1. The van der Waals surface area contributed by atoms with E-state index in [9.17, 15) is 4.79 Å². The number of ether oxygens (including phenoxy) is 1. The summed E-state index contributed by atoms with van der Waals surface area (Å²) in [6, 6.07) is 9.16. The van der Waals surface area contributed by atoms with Crippen LogP contribution in [0.2, 0.25) is 5.02 Å². The molecule has 1 aliphatic carbocycles. The highest BCUT2D eigenvalue weighted by Gasteiger charge is 2.26. The van der Waals surface area contributed by atoms with Crippen molar-refractivity contribution in [2.24, 2.45) is 5.92 Å². The smallest absolute Gasteiger partial charge is 0.315 e. The Morgan fingerprint density at radius 3 is 2.64 bits per heavy atom. The average Bonchev–Trinajstić information content (AvgIpc) is 3.17. The zero-order chi connectivity index (χ0) is 15.5. The van der Waals surface area contributed by atoms with Crippen LogP contribution in [0.1, 0.15) is 38.3 Å². The molecule has 1 aliphatic rings. The van der Waals surface area contributed by atoms with Gasteiger partial charge in [0.05, 0.1) is 17.3 Å². The fourth-order valence-electron chi connectivity index (χ4n) is 2.77. The monoisotopic (exact) mass is 318 g/mol. The summed E-state index contributed by atoms with van der Waals surface area (Å²) in [6.45, 7) is 2.02. The zero-order valence-electron chi connectivity index (χ0n) is 12.6. The van der Waals surface area contributed by atoms with Crippen LogP contribution in [0.4, 0.5) is 0 Å². The molecule has 0 atom stereocenters. The van der Waals surface area contributed by atoms with Crippen molar-refractivity contribution in [3.63, 3.8) is 0 Å². The maximum Gasteiger partial charge on any atom is 0.315 e. The van der Waals surface area contributed by atoms with Crippen molar-refractivity contribution in [2.45, 2.75) is 39.0 Å². The highest BCUT2D eigenvalue weighted by atomic mass is 35.5. The van der Waals surface area contributed by atoms with E-state index in [-0.39, 0.29) is 11.9 Å². The van der Waals surface area contributed by atoms with E-state index < -0.39 is 0 Å². The van der Waals surface area contributed by atoms with Gasteiger partial charge < -0.3 is 4.74 Å². The van der Waals surface area contributed by atoms with E-state index in [1.807, 2.05) is 25.1 Å². The lowest BCUT2D eigenvalue weighted by Gasteiger charge is -2.11. The van der Waals surface area contributed by atoms with Crippen LogP contribution in [-0.2, 0) is 11.2 Å². The summed E-state index contributed by atoms with van der Waals surface area (Å²) >= 11 is 5.93. The largest absolute Gasteiger partial charge is 0.407 e. The predicted octanol–water partition coefficient (Wildman–Crippen LogP) is 4.18. The summed E-state index contributed by atoms with van der Waals surface area (Å²) in [5, 5.41) is 5.17. The van der Waals surface area contributed by atoms with E-state index in [1.165, 1.54) is 0 Å². The van der Waals surface area contributed by atoms with E-state index >= 15 is 0 Å². The second-order valence-electron chi connectivity index (χ2n) is 5.62. The summed E-state index contributed by atoms with van der Waals surface area (Å²) in [5.74, 6) is 0.366. The Kier molecular flexibility index (Phi) is 4.48. The van der Waals surface area contributed by atoms with Gasteiger partial charge in [0.1, 0.15) is 0 Å². The van der Waals surface area contributed by atoms with E-state index in [0.717, 1.165) is 43.5 Å². The lowest BCUT2D eigenvalue weighted by atomic mass is 10.1. The third kappa shape index (κ3) is 3.17. The molecule has 0 aliphatic heterocycles. The van der Waals surface area contributed by atoms with Gasteiger partial charge in [-0.1, -0.05) is 31.4 Å². The van der Waals surface area contributed by atoms with Gasteiger partial charge in [-0.05, 0) is 43.5 Å². The first kappa shape index (κ1) is 15.1. The summed E-state index contributed by atoms with van der Waals surface area (Å²) < 4.78 is 7.29. The van der Waals surface area contributed by atoms with Crippen molar-refractivity contribution in [3.8, 4) is 11.6 Å². The highest BCUT2D eigenvalue weighted by molar-refractivity contribution is 6.30. The Labute approximate surface area is 135 Å². The Balaban J connectivity index is 1.87. The van der Waals surface area contributed by atoms with Gasteiger partial charge >= 0.3 is 5.97 Å². The molecule has 1 saturated carbocycles. The molecule has 1 heterocycles. The fourth-order valence-corrected chi connectivity index (χ4v) is 2.90. The van der Waals surface area contributed by atoms with Crippen LogP contribution in [0.3, 0.4) is 0 Å². The van der Waals surface area contributed by atoms with E-state index in [4.69, 9.17) is 16.3 Å². The molecule has 0 radical (unpaired) electrons. The minimum Gasteiger partial charge on any atom is -0.407 e. The van der Waals surface area contributed by atoms with E-state index in [0.29, 0.717) is 10.9 Å². The maximum atomic E-state index is 12.3. The number of esters is 1. The number of hydrogen-bond acceptors (Lipinski definition) is 3. The molecule has 1 aromatic carbocycles. The van der Waals surface area contributed by atoms with Crippen LogP contribution in [0.25, 0.3) is 5.69 Å². The van der Waals surface area contributed by atoms with E-state index in [1.54, 1.807) is 16.8 Å². The van der Waals surface area contributed by atoms with Gasteiger partial charge in [0.25, 0.3) is 0 Å². The van der Waals surface area contributed by atoms with Crippen LogP contribution >= 0.6 is 11.6 Å². The Morgan fingerprint density at radius 1 is 1.32 bits per heavy atom. The topological polar surface area (TPSA) is 44.1 Å². The number of halogens is 1. The number of nitrogens with zero attached hydrogens (tertiary/aromatic N) is 2. The molecule has 1 fully saturated rings. The third-order valence-electron chi connectivity index (χ3n) is 4.05. The predicted molar refractivity (Wildman–Crippen MR) is 85.5 cm³/mol. The van der Waals surface area contributed by atoms with E-state index in [2.05, 4.69) is 5.10 Å². The maximum absolute atomic E-state index is 12.3. The Hall–Kier alpha value is -1.81. The standard InChI is InChI=1S/C17H19ClN2O2/c1-2-14-11-16(22-17(21)12-5-3-4-6-12)20(19-14)15-9-7-13(18)8-10-15/h7-12H,2-6H2,1H3. The van der Waals surface area contributed by atoms with Crippen molar-refractivity contribution < 1.29 is 9.53 Å². The minimum atomic E-state index is -0.143. The molecule has 0 N–H and O–H groups in total. The molecule has 0 unspecified atom stereocenters. The lowest BCUT2D eigenvalue weighted by Crippen LogP contribution is -2.19. The Morgan fingerprint density at radius 2 is 2.00 bits per heavy atom. The number of aryl methyl sites for hydroxylation is 1. The summed E-state index contributed by atoms with van der Waals surface area (Å²) in [6.07, 6.45) is 4.85. The zero-order valence-corrected chi connectivity index (χ0v) is 13.3. The van der Waals surface area contributed by atoms with Crippen molar-refractivity contribution in [1.29, 1.82) is 0 Å². The number of carbonyl (C=O) groups is 1. The van der Waals surface area contributed by atoms with Crippen LogP contribution in [0.5, 0.6) is 5.88 Å². The average molecular weight is 319 g/mol. The van der Waals surface area contributed by atoms with Gasteiger partial charge in [-0.15, -0.1) is 0 Å². The van der Waals surface area contributed by atoms with Crippen molar-refractivity contribution in [3.05, 3.63) is 41.0 Å². The molecule has 22 heavy (non-hydrogen) atoms. The van der Waals surface area contributed by atoms with Crippen LogP contribution in [-0.4, -0.2) is 15.7 Å². The fraction of sp³-hybridized carbons (Fsp3) is 0.412. The second-order valence-corrected chi connectivity index (χ2v) is 6.05. The van der Waals surface area contributed by atoms with Crippen LogP contribution in [0, 0.1) is 5.92 Å². The summed E-state index contributed by atoms with van der Waals surface area (Å²) in [5.41, 5.74) is 1.72.